The molecule has 0 spiro atoms. The van der Waals surface area contributed by atoms with Crippen molar-refractivity contribution in [1.82, 2.24) is 24.1 Å². The molecule has 0 unspecified atom stereocenters. The molecule has 1 aromatic carbocycles. The molecule has 25 heavy (non-hydrogen) atoms. The second kappa shape index (κ2) is 6.49. The second-order valence-electron chi connectivity index (χ2n) is 5.62. The minimum atomic E-state index is -3.84. The van der Waals surface area contributed by atoms with Crippen molar-refractivity contribution in [2.45, 2.75) is 31.8 Å². The van der Waals surface area contributed by atoms with Crippen LogP contribution in [0.5, 0.6) is 0 Å². The number of hydrogen-bond donors (Lipinski definition) is 0. The van der Waals surface area contributed by atoms with E-state index < -0.39 is 16.1 Å². The number of halogens is 1. The number of sulfonamides is 1. The lowest BCUT2D eigenvalue weighted by Crippen LogP contribution is -2.34. The summed E-state index contributed by atoms with van der Waals surface area (Å²) in [6.45, 7) is 5.46. The zero-order valence-corrected chi connectivity index (χ0v) is 14.9. The lowest BCUT2D eigenvalue weighted by molar-refractivity contribution is 0.354. The molecule has 0 amide bonds. The van der Waals surface area contributed by atoms with Crippen molar-refractivity contribution in [2.24, 2.45) is 0 Å². The zero-order valence-electron chi connectivity index (χ0n) is 14.1. The first kappa shape index (κ1) is 17.4. The maximum Gasteiger partial charge on any atom is 0.262 e. The van der Waals surface area contributed by atoms with Gasteiger partial charge in [0.1, 0.15) is 5.82 Å². The van der Waals surface area contributed by atoms with Crippen LogP contribution in [0.15, 0.2) is 41.4 Å². The first-order chi connectivity index (χ1) is 11.8. The van der Waals surface area contributed by atoms with Crippen molar-refractivity contribution in [3.63, 3.8) is 0 Å². The molecule has 0 aliphatic carbocycles. The van der Waals surface area contributed by atoms with E-state index in [1.54, 1.807) is 39.0 Å². The van der Waals surface area contributed by atoms with Gasteiger partial charge in [-0.1, -0.05) is 19.1 Å². The van der Waals surface area contributed by atoms with Crippen LogP contribution in [0.4, 0.5) is 4.39 Å². The Morgan fingerprint density at radius 1 is 1.16 bits per heavy atom. The van der Waals surface area contributed by atoms with Gasteiger partial charge in [-0.05, 0) is 43.7 Å². The summed E-state index contributed by atoms with van der Waals surface area (Å²) in [5.41, 5.74) is 1.18. The first-order valence-corrected chi connectivity index (χ1v) is 9.25. The van der Waals surface area contributed by atoms with Gasteiger partial charge < -0.3 is 0 Å². The summed E-state index contributed by atoms with van der Waals surface area (Å²) in [7, 11) is -3.84. The highest BCUT2D eigenvalue weighted by molar-refractivity contribution is 7.89. The van der Waals surface area contributed by atoms with Crippen LogP contribution in [0, 0.1) is 12.7 Å². The summed E-state index contributed by atoms with van der Waals surface area (Å²) < 4.78 is 42.0. The Balaban J connectivity index is 2.02. The Bertz CT molecular complexity index is 1000. The molecule has 1 atom stereocenters. The summed E-state index contributed by atoms with van der Waals surface area (Å²) in [4.78, 5) is 0. The van der Waals surface area contributed by atoms with Crippen LogP contribution in [0.3, 0.4) is 0 Å². The minimum absolute atomic E-state index is 0.0845. The fraction of sp³-hybridized carbons (Fsp3) is 0.312. The first-order valence-electron chi connectivity index (χ1n) is 7.81. The Morgan fingerprint density at radius 3 is 2.48 bits per heavy atom. The number of benzene rings is 1. The number of hydrogen-bond acceptors (Lipinski definition) is 5. The minimum Gasteiger partial charge on any atom is -0.207 e. The SMILES string of the molecule is CCN([C@@H](C)c1ccc(F)cc1)S(=O)(=O)c1ccc2nnc(C)n2n1. The monoisotopic (exact) mass is 363 g/mol. The van der Waals surface area contributed by atoms with E-state index in [-0.39, 0.29) is 17.4 Å². The number of aromatic nitrogens is 4. The lowest BCUT2D eigenvalue weighted by atomic mass is 10.1. The van der Waals surface area contributed by atoms with E-state index in [4.69, 9.17) is 0 Å². The van der Waals surface area contributed by atoms with Crippen LogP contribution in [0.25, 0.3) is 5.65 Å². The Hall–Kier alpha value is -2.39. The van der Waals surface area contributed by atoms with Gasteiger partial charge in [-0.3, -0.25) is 0 Å². The highest BCUT2D eigenvalue weighted by Gasteiger charge is 2.30. The molecule has 3 aromatic rings. The third-order valence-corrected chi connectivity index (χ3v) is 6.00. The molecule has 0 bridgehead atoms. The van der Waals surface area contributed by atoms with E-state index in [0.29, 0.717) is 17.0 Å². The molecule has 0 fully saturated rings. The second-order valence-corrected chi connectivity index (χ2v) is 7.46. The fourth-order valence-corrected chi connectivity index (χ4v) is 4.24. The van der Waals surface area contributed by atoms with Gasteiger partial charge in [0.15, 0.2) is 16.5 Å². The maximum absolute atomic E-state index is 13.1. The van der Waals surface area contributed by atoms with Gasteiger partial charge >= 0.3 is 0 Å². The topological polar surface area (TPSA) is 80.5 Å². The van der Waals surface area contributed by atoms with Gasteiger partial charge in [0.05, 0.1) is 0 Å². The summed E-state index contributed by atoms with van der Waals surface area (Å²) in [5, 5.41) is 11.9. The molecular formula is C16H18FN5O2S. The quantitative estimate of drug-likeness (QED) is 0.695. The normalized spacial score (nSPS) is 13.5. The van der Waals surface area contributed by atoms with E-state index in [1.807, 2.05) is 0 Å². The van der Waals surface area contributed by atoms with Crippen LogP contribution in [-0.2, 0) is 10.0 Å². The van der Waals surface area contributed by atoms with Crippen molar-refractivity contribution in [3.05, 3.63) is 53.6 Å². The summed E-state index contributed by atoms with van der Waals surface area (Å²) in [6.07, 6.45) is 0. The fourth-order valence-electron chi connectivity index (χ4n) is 2.70. The van der Waals surface area contributed by atoms with E-state index in [1.165, 1.54) is 27.0 Å². The third-order valence-electron chi connectivity index (χ3n) is 4.06. The molecule has 9 heteroatoms. The van der Waals surface area contributed by atoms with Gasteiger partial charge in [0, 0.05) is 12.6 Å². The predicted octanol–water partition coefficient (Wildman–Crippen LogP) is 2.34. The van der Waals surface area contributed by atoms with Gasteiger partial charge in [-0.25, -0.2) is 12.8 Å². The van der Waals surface area contributed by atoms with Crippen LogP contribution in [-0.4, -0.2) is 39.1 Å². The molecule has 0 saturated carbocycles. The zero-order chi connectivity index (χ0) is 18.2. The largest absolute Gasteiger partial charge is 0.262 e. The van der Waals surface area contributed by atoms with Crippen LogP contribution in [0.1, 0.15) is 31.3 Å². The van der Waals surface area contributed by atoms with Gasteiger partial charge in [0.2, 0.25) is 0 Å². The average Bonchev–Trinajstić information content (AvgIpc) is 2.96. The Kier molecular flexibility index (Phi) is 4.53. The van der Waals surface area contributed by atoms with Gasteiger partial charge in [-0.2, -0.15) is 13.9 Å². The molecule has 3 rings (SSSR count). The van der Waals surface area contributed by atoms with E-state index in [2.05, 4.69) is 15.3 Å². The van der Waals surface area contributed by atoms with E-state index >= 15 is 0 Å². The highest BCUT2D eigenvalue weighted by atomic mass is 32.2. The standard InChI is InChI=1S/C16H18FN5O2S/c1-4-21(11(2)13-5-7-14(17)8-6-13)25(23,24)16-10-9-15-19-18-12(3)22(15)20-16/h5-11H,4H2,1-3H3/t11-/m0/s1. The summed E-state index contributed by atoms with van der Waals surface area (Å²) in [5.74, 6) is 0.138. The number of rotatable bonds is 5. The Labute approximate surface area is 145 Å². The molecule has 132 valence electrons. The van der Waals surface area contributed by atoms with Crippen molar-refractivity contribution >= 4 is 15.7 Å². The molecule has 7 nitrogen and oxygen atoms in total. The summed E-state index contributed by atoms with van der Waals surface area (Å²) in [6, 6.07) is 8.32. The average molecular weight is 363 g/mol. The van der Waals surface area contributed by atoms with Crippen molar-refractivity contribution in [3.8, 4) is 0 Å². The van der Waals surface area contributed by atoms with Crippen LogP contribution >= 0.6 is 0 Å². The van der Waals surface area contributed by atoms with Gasteiger partial charge in [0.25, 0.3) is 10.0 Å². The molecule has 0 aliphatic rings. The number of fused-ring (bicyclic) bond motifs is 1. The van der Waals surface area contributed by atoms with Crippen molar-refractivity contribution < 1.29 is 12.8 Å². The number of aryl methyl sites for hydroxylation is 1. The summed E-state index contributed by atoms with van der Waals surface area (Å²) >= 11 is 0. The predicted molar refractivity (Wildman–Crippen MR) is 89.9 cm³/mol. The van der Waals surface area contributed by atoms with Crippen LogP contribution < -0.4 is 0 Å². The van der Waals surface area contributed by atoms with E-state index in [9.17, 15) is 12.8 Å². The van der Waals surface area contributed by atoms with Gasteiger partial charge in [-0.15, -0.1) is 10.2 Å². The molecule has 2 aromatic heterocycles. The molecule has 0 aliphatic heterocycles. The smallest absolute Gasteiger partial charge is 0.207 e. The molecule has 0 N–H and O–H groups in total. The lowest BCUT2D eigenvalue weighted by Gasteiger charge is -2.27. The Morgan fingerprint density at radius 2 is 1.84 bits per heavy atom. The molecule has 0 radical (unpaired) electrons. The molecule has 0 saturated heterocycles. The van der Waals surface area contributed by atoms with E-state index in [0.717, 1.165) is 0 Å². The highest BCUT2D eigenvalue weighted by Crippen LogP contribution is 2.26. The third kappa shape index (κ3) is 3.12. The van der Waals surface area contributed by atoms with Crippen LogP contribution in [0.2, 0.25) is 0 Å². The maximum atomic E-state index is 13.1. The molecular weight excluding hydrogens is 345 g/mol. The molecule has 2 heterocycles. The van der Waals surface area contributed by atoms with Crippen molar-refractivity contribution in [2.75, 3.05) is 6.54 Å². The number of nitrogens with zero attached hydrogens (tertiary/aromatic N) is 5. The van der Waals surface area contributed by atoms with Crippen molar-refractivity contribution in [1.29, 1.82) is 0 Å².